The third-order valence-electron chi connectivity index (χ3n) is 4.82. The summed E-state index contributed by atoms with van der Waals surface area (Å²) in [5.41, 5.74) is 6.51. The van der Waals surface area contributed by atoms with Crippen molar-refractivity contribution in [1.82, 2.24) is 15.5 Å². The summed E-state index contributed by atoms with van der Waals surface area (Å²) in [4.78, 5) is 16.9. The van der Waals surface area contributed by atoms with Gasteiger partial charge in [0.05, 0.1) is 12.7 Å². The normalized spacial score (nSPS) is 21.1. The molecule has 25 heavy (non-hydrogen) atoms. The number of nitrogens with two attached hydrogens (primary N) is 1. The fourth-order valence-electron chi connectivity index (χ4n) is 3.40. The van der Waals surface area contributed by atoms with E-state index in [1.807, 2.05) is 31.2 Å². The van der Waals surface area contributed by atoms with Gasteiger partial charge in [0, 0.05) is 5.92 Å². The van der Waals surface area contributed by atoms with Crippen LogP contribution in [0.5, 0.6) is 5.75 Å². The number of aromatic nitrogens is 2. The fourth-order valence-corrected chi connectivity index (χ4v) is 3.40. The molecule has 0 saturated heterocycles. The Labute approximate surface area is 146 Å². The number of hydrogen-bond acceptors (Lipinski definition) is 6. The van der Waals surface area contributed by atoms with Crippen LogP contribution >= 0.6 is 0 Å². The molecule has 1 fully saturated rings. The second kappa shape index (κ2) is 7.65. The maximum absolute atomic E-state index is 12.5. The number of para-hydroxylation sites is 1. The molecule has 1 aliphatic carbocycles. The molecule has 1 unspecified atom stereocenters. The summed E-state index contributed by atoms with van der Waals surface area (Å²) >= 11 is 0. The Morgan fingerprint density at radius 2 is 2.24 bits per heavy atom. The van der Waals surface area contributed by atoms with Crippen molar-refractivity contribution >= 4 is 5.91 Å². The first-order valence-electron chi connectivity index (χ1n) is 8.61. The molecule has 1 aromatic heterocycles. The number of nitrogens with one attached hydrogen (secondary N) is 1. The highest BCUT2D eigenvalue weighted by atomic mass is 16.5. The molecule has 0 bridgehead atoms. The average Bonchev–Trinajstić information content (AvgIpc) is 3.30. The maximum atomic E-state index is 12.5. The number of carbonyl (C=O) groups is 1. The molecule has 1 aromatic carbocycles. The summed E-state index contributed by atoms with van der Waals surface area (Å²) in [5.74, 6) is 1.73. The zero-order valence-corrected chi connectivity index (χ0v) is 14.6. The van der Waals surface area contributed by atoms with Crippen molar-refractivity contribution < 1.29 is 14.1 Å². The van der Waals surface area contributed by atoms with Crippen molar-refractivity contribution in [3.05, 3.63) is 30.2 Å². The van der Waals surface area contributed by atoms with Gasteiger partial charge in [-0.1, -0.05) is 23.7 Å². The van der Waals surface area contributed by atoms with Crippen LogP contribution in [0.2, 0.25) is 0 Å². The van der Waals surface area contributed by atoms with Crippen LogP contribution < -0.4 is 15.8 Å². The summed E-state index contributed by atoms with van der Waals surface area (Å²) in [6, 6.07) is 7.10. The highest BCUT2D eigenvalue weighted by Crippen LogP contribution is 2.32. The lowest BCUT2D eigenvalue weighted by Gasteiger charge is -2.19. The number of carbonyl (C=O) groups excluding carboxylic acids is 1. The van der Waals surface area contributed by atoms with E-state index >= 15 is 0 Å². The first-order chi connectivity index (χ1) is 12.1. The predicted molar refractivity (Wildman–Crippen MR) is 92.7 cm³/mol. The van der Waals surface area contributed by atoms with Gasteiger partial charge >= 0.3 is 0 Å². The molecule has 1 amide bonds. The zero-order chi connectivity index (χ0) is 17.8. The topological polar surface area (TPSA) is 103 Å². The molecule has 7 heteroatoms. The largest absolute Gasteiger partial charge is 0.496 e. The van der Waals surface area contributed by atoms with Gasteiger partial charge in [-0.15, -0.1) is 0 Å². The van der Waals surface area contributed by atoms with Crippen LogP contribution in [0.1, 0.15) is 38.1 Å². The Kier molecular flexibility index (Phi) is 5.33. The van der Waals surface area contributed by atoms with Crippen LogP contribution in [0.4, 0.5) is 0 Å². The van der Waals surface area contributed by atoms with E-state index in [1.54, 1.807) is 7.11 Å². The monoisotopic (exact) mass is 344 g/mol. The lowest BCUT2D eigenvalue weighted by atomic mass is 9.95. The highest BCUT2D eigenvalue weighted by molar-refractivity contribution is 5.79. The van der Waals surface area contributed by atoms with Crippen LogP contribution in [-0.4, -0.2) is 29.7 Å². The van der Waals surface area contributed by atoms with E-state index in [1.165, 1.54) is 0 Å². The van der Waals surface area contributed by atoms with Gasteiger partial charge in [0.15, 0.2) is 0 Å². The van der Waals surface area contributed by atoms with Gasteiger partial charge in [-0.2, -0.15) is 4.98 Å². The molecular formula is C18H24N4O3. The lowest BCUT2D eigenvalue weighted by Crippen LogP contribution is -2.36. The smallest absolute Gasteiger partial charge is 0.249 e. The van der Waals surface area contributed by atoms with Crippen molar-refractivity contribution in [2.24, 2.45) is 17.6 Å². The fraction of sp³-hybridized carbons (Fsp3) is 0.500. The van der Waals surface area contributed by atoms with Gasteiger partial charge in [-0.3, -0.25) is 4.79 Å². The van der Waals surface area contributed by atoms with E-state index in [0.717, 1.165) is 24.8 Å². The number of amides is 1. The van der Waals surface area contributed by atoms with Crippen LogP contribution in [0, 0.1) is 11.8 Å². The Balaban J connectivity index is 1.70. The Morgan fingerprint density at radius 1 is 1.44 bits per heavy atom. The zero-order valence-electron chi connectivity index (χ0n) is 14.6. The summed E-state index contributed by atoms with van der Waals surface area (Å²) < 4.78 is 10.7. The van der Waals surface area contributed by atoms with Crippen LogP contribution in [0.25, 0.3) is 11.4 Å². The number of nitrogens with zero attached hydrogens (tertiary/aromatic N) is 2. The van der Waals surface area contributed by atoms with Crippen molar-refractivity contribution in [2.45, 2.75) is 32.2 Å². The summed E-state index contributed by atoms with van der Waals surface area (Å²) in [6.45, 7) is 2.38. The number of hydrogen-bond donors (Lipinski definition) is 2. The third-order valence-corrected chi connectivity index (χ3v) is 4.82. The molecule has 0 spiro atoms. The Hall–Kier alpha value is -2.41. The van der Waals surface area contributed by atoms with Gasteiger partial charge in [-0.05, 0) is 44.4 Å². The minimum atomic E-state index is -0.359. The van der Waals surface area contributed by atoms with Crippen LogP contribution in [-0.2, 0) is 4.79 Å². The molecule has 134 valence electrons. The molecule has 1 heterocycles. The lowest BCUT2D eigenvalue weighted by molar-refractivity contribution is -0.126. The van der Waals surface area contributed by atoms with E-state index < -0.39 is 0 Å². The molecule has 7 nitrogen and oxygen atoms in total. The van der Waals surface area contributed by atoms with Crippen LogP contribution in [0.3, 0.4) is 0 Å². The average molecular weight is 344 g/mol. The van der Waals surface area contributed by atoms with Crippen molar-refractivity contribution in [2.75, 3.05) is 13.7 Å². The molecule has 1 saturated carbocycles. The van der Waals surface area contributed by atoms with E-state index in [9.17, 15) is 4.79 Å². The molecule has 3 rings (SSSR count). The van der Waals surface area contributed by atoms with E-state index in [4.69, 9.17) is 15.0 Å². The molecule has 1 aliphatic rings. The summed E-state index contributed by atoms with van der Waals surface area (Å²) in [5, 5.41) is 6.99. The Bertz CT molecular complexity index is 731. The maximum Gasteiger partial charge on any atom is 0.249 e. The van der Waals surface area contributed by atoms with E-state index in [-0.39, 0.29) is 23.8 Å². The molecule has 3 atom stereocenters. The highest BCUT2D eigenvalue weighted by Gasteiger charge is 2.33. The second-order valence-corrected chi connectivity index (χ2v) is 6.42. The first-order valence-corrected chi connectivity index (χ1v) is 8.61. The SMILES string of the molecule is COc1ccccc1-c1noc(C(C)NC(=O)[C@@H]2CCC[C@@H]2CN)n1. The predicted octanol–water partition coefficient (Wildman–Crippen LogP) is 2.30. The molecule has 0 radical (unpaired) electrons. The minimum Gasteiger partial charge on any atom is -0.496 e. The van der Waals surface area contributed by atoms with Gasteiger partial charge < -0.3 is 20.3 Å². The van der Waals surface area contributed by atoms with Gasteiger partial charge in [0.1, 0.15) is 11.8 Å². The van der Waals surface area contributed by atoms with Crippen molar-refractivity contribution in [1.29, 1.82) is 0 Å². The number of methoxy groups -OCH3 is 1. The first kappa shape index (κ1) is 17.4. The van der Waals surface area contributed by atoms with Crippen LogP contribution in [0.15, 0.2) is 28.8 Å². The minimum absolute atomic E-state index is 0.0116. The van der Waals surface area contributed by atoms with Crippen molar-refractivity contribution in [3.63, 3.8) is 0 Å². The molecule has 3 N–H and O–H groups in total. The summed E-state index contributed by atoms with van der Waals surface area (Å²) in [6.07, 6.45) is 2.95. The Morgan fingerprint density at radius 3 is 3.00 bits per heavy atom. The third kappa shape index (κ3) is 3.66. The van der Waals surface area contributed by atoms with E-state index in [0.29, 0.717) is 24.0 Å². The quantitative estimate of drug-likeness (QED) is 0.833. The summed E-state index contributed by atoms with van der Waals surface area (Å²) in [7, 11) is 1.60. The number of benzene rings is 1. The second-order valence-electron chi connectivity index (χ2n) is 6.42. The number of ether oxygens (including phenoxy) is 1. The molecule has 2 aromatic rings. The van der Waals surface area contributed by atoms with Gasteiger partial charge in [-0.25, -0.2) is 0 Å². The van der Waals surface area contributed by atoms with Gasteiger partial charge in [0.25, 0.3) is 0 Å². The molecular weight excluding hydrogens is 320 g/mol. The van der Waals surface area contributed by atoms with Crippen molar-refractivity contribution in [3.8, 4) is 17.1 Å². The number of rotatable bonds is 6. The molecule has 0 aliphatic heterocycles. The van der Waals surface area contributed by atoms with E-state index in [2.05, 4.69) is 15.5 Å². The standard InChI is InChI=1S/C18H24N4O3/c1-11(20-17(23)13-8-5-6-12(13)10-19)18-21-16(22-25-18)14-7-3-4-9-15(14)24-2/h3-4,7,9,11-13H,5-6,8,10,19H2,1-2H3,(H,20,23)/t11?,12-,13-/m1/s1. The van der Waals surface area contributed by atoms with Gasteiger partial charge in [0.2, 0.25) is 17.6 Å².